The first-order chi connectivity index (χ1) is 13.5. The van der Waals surface area contributed by atoms with E-state index in [4.69, 9.17) is 14.2 Å². The van der Waals surface area contributed by atoms with Crippen molar-refractivity contribution in [2.24, 2.45) is 0 Å². The molecular weight excluding hydrogens is 436 g/mol. The highest BCUT2D eigenvalue weighted by Crippen LogP contribution is 2.34. The van der Waals surface area contributed by atoms with Crippen LogP contribution < -0.4 is 24.8 Å². The number of nitrogens with one attached hydrogen (secondary N) is 2. The molecule has 1 heterocycles. The molecule has 0 aliphatic carbocycles. The predicted molar refractivity (Wildman–Crippen MR) is 101 cm³/mol. The van der Waals surface area contributed by atoms with Crippen molar-refractivity contribution in [3.8, 4) is 17.2 Å². The molecule has 0 unspecified atom stereocenters. The van der Waals surface area contributed by atoms with Crippen molar-refractivity contribution >= 4 is 39.5 Å². The van der Waals surface area contributed by atoms with Gasteiger partial charge in [0.15, 0.2) is 18.1 Å². The molecule has 0 bridgehead atoms. The second-order valence-electron chi connectivity index (χ2n) is 5.50. The summed E-state index contributed by atoms with van der Waals surface area (Å²) in [4.78, 5) is 35.3. The molecule has 1 aliphatic rings. The fourth-order valence-electron chi connectivity index (χ4n) is 2.31. The van der Waals surface area contributed by atoms with Gasteiger partial charge in [0.25, 0.3) is 5.91 Å². The number of hydrogen-bond acceptors (Lipinski definition) is 7. The smallest absolute Gasteiger partial charge is 0.337 e. The van der Waals surface area contributed by atoms with E-state index in [2.05, 4.69) is 31.3 Å². The van der Waals surface area contributed by atoms with Gasteiger partial charge in [0, 0.05) is 11.8 Å². The maximum absolute atomic E-state index is 11.9. The summed E-state index contributed by atoms with van der Waals surface area (Å²) < 4.78 is 20.8. The zero-order chi connectivity index (χ0) is 20.1. The third-order valence-corrected chi connectivity index (χ3v) is 4.21. The maximum Gasteiger partial charge on any atom is 0.337 e. The lowest BCUT2D eigenvalue weighted by Crippen LogP contribution is -2.37. The van der Waals surface area contributed by atoms with E-state index in [1.807, 2.05) is 0 Å². The highest BCUT2D eigenvalue weighted by molar-refractivity contribution is 9.10. The van der Waals surface area contributed by atoms with E-state index in [9.17, 15) is 14.4 Å². The topological polar surface area (TPSA) is 112 Å². The number of ether oxygens (including phenoxy) is 4. The molecule has 9 nitrogen and oxygen atoms in total. The first-order valence-electron chi connectivity index (χ1n) is 7.97. The summed E-state index contributed by atoms with van der Waals surface area (Å²) in [6.07, 6.45) is 0. The molecule has 0 aromatic heterocycles. The normalized spacial score (nSPS) is 11.5. The summed E-state index contributed by atoms with van der Waals surface area (Å²) in [5.41, 5.74) is 0.769. The van der Waals surface area contributed by atoms with Crippen LogP contribution in [0.4, 0.5) is 10.5 Å². The third-order valence-electron chi connectivity index (χ3n) is 3.60. The predicted octanol–water partition coefficient (Wildman–Crippen LogP) is 2.69. The molecule has 2 aromatic rings. The van der Waals surface area contributed by atoms with Crippen molar-refractivity contribution < 1.29 is 33.3 Å². The molecule has 2 aromatic carbocycles. The van der Waals surface area contributed by atoms with E-state index in [-0.39, 0.29) is 6.79 Å². The molecule has 146 valence electrons. The molecule has 0 radical (unpaired) electrons. The van der Waals surface area contributed by atoms with Crippen LogP contribution in [0.2, 0.25) is 0 Å². The molecule has 0 saturated carbocycles. The number of esters is 1. The lowest BCUT2D eigenvalue weighted by Gasteiger charge is -2.10. The third kappa shape index (κ3) is 4.71. The van der Waals surface area contributed by atoms with Gasteiger partial charge in [0.05, 0.1) is 17.1 Å². The van der Waals surface area contributed by atoms with Gasteiger partial charge >= 0.3 is 12.0 Å². The number of rotatable bonds is 5. The van der Waals surface area contributed by atoms with Gasteiger partial charge in [-0.2, -0.15) is 0 Å². The second kappa shape index (κ2) is 8.61. The van der Waals surface area contributed by atoms with Gasteiger partial charge in [0.1, 0.15) is 5.75 Å². The van der Waals surface area contributed by atoms with Crippen molar-refractivity contribution in [2.45, 2.75) is 0 Å². The van der Waals surface area contributed by atoms with Crippen LogP contribution in [0.3, 0.4) is 0 Å². The van der Waals surface area contributed by atoms with Gasteiger partial charge < -0.3 is 24.3 Å². The number of halogens is 1. The van der Waals surface area contributed by atoms with Crippen molar-refractivity contribution in [1.29, 1.82) is 0 Å². The molecule has 28 heavy (non-hydrogen) atoms. The molecule has 0 saturated heterocycles. The molecule has 0 atom stereocenters. The molecule has 10 heteroatoms. The monoisotopic (exact) mass is 450 g/mol. The minimum Gasteiger partial charge on any atom is -0.483 e. The van der Waals surface area contributed by atoms with Crippen LogP contribution in [0.5, 0.6) is 17.2 Å². The molecule has 3 rings (SSSR count). The van der Waals surface area contributed by atoms with Gasteiger partial charge in [-0.25, -0.2) is 9.59 Å². The Labute approximate surface area is 168 Å². The Balaban J connectivity index is 1.50. The number of benzene rings is 2. The number of methoxy groups -OCH3 is 1. The largest absolute Gasteiger partial charge is 0.483 e. The van der Waals surface area contributed by atoms with Crippen LogP contribution in [0, 0.1) is 0 Å². The van der Waals surface area contributed by atoms with Crippen LogP contribution in [0.15, 0.2) is 40.9 Å². The van der Waals surface area contributed by atoms with Crippen LogP contribution >= 0.6 is 15.9 Å². The molecule has 0 fully saturated rings. The number of imide groups is 1. The van der Waals surface area contributed by atoms with E-state index >= 15 is 0 Å². The quantitative estimate of drug-likeness (QED) is 0.673. The summed E-state index contributed by atoms with van der Waals surface area (Å²) in [5.74, 6) is 0.276. The van der Waals surface area contributed by atoms with Crippen molar-refractivity contribution in [3.05, 3.63) is 46.4 Å². The summed E-state index contributed by atoms with van der Waals surface area (Å²) in [6, 6.07) is 8.65. The second-order valence-corrected chi connectivity index (χ2v) is 6.35. The maximum atomic E-state index is 11.9. The zero-order valence-corrected chi connectivity index (χ0v) is 16.2. The SMILES string of the molecule is COC(=O)c1ccc(OCC(=O)NC(=O)Nc2ccc3c(c2)OCO3)c(Br)c1. The highest BCUT2D eigenvalue weighted by atomic mass is 79.9. The van der Waals surface area contributed by atoms with Crippen LogP contribution in [-0.2, 0) is 9.53 Å². The van der Waals surface area contributed by atoms with Crippen molar-refractivity contribution in [3.63, 3.8) is 0 Å². The van der Waals surface area contributed by atoms with E-state index < -0.39 is 24.5 Å². The average molecular weight is 451 g/mol. The summed E-state index contributed by atoms with van der Waals surface area (Å²) in [7, 11) is 1.28. The molecule has 1 aliphatic heterocycles. The summed E-state index contributed by atoms with van der Waals surface area (Å²) in [5, 5.41) is 4.66. The Bertz CT molecular complexity index is 932. The standard InChI is InChI=1S/C18H15BrN2O7/c1-25-17(23)10-2-4-13(12(19)6-10)26-8-16(22)21-18(24)20-11-3-5-14-15(7-11)28-9-27-14/h2-7H,8-9H2,1H3,(H2,20,21,22,24). The van der Waals surface area contributed by atoms with Crippen molar-refractivity contribution in [1.82, 2.24) is 5.32 Å². The highest BCUT2D eigenvalue weighted by Gasteiger charge is 2.15. The van der Waals surface area contributed by atoms with E-state index in [0.717, 1.165) is 0 Å². The number of fused-ring (bicyclic) bond motifs is 1. The Morgan fingerprint density at radius 2 is 1.89 bits per heavy atom. The molecular formula is C18H15BrN2O7. The lowest BCUT2D eigenvalue weighted by atomic mass is 10.2. The Morgan fingerprint density at radius 3 is 2.64 bits per heavy atom. The number of anilines is 1. The average Bonchev–Trinajstić information content (AvgIpc) is 3.14. The Hall–Kier alpha value is -3.27. The first kappa shape index (κ1) is 19.5. The summed E-state index contributed by atoms with van der Waals surface area (Å²) in [6.45, 7) is -0.276. The van der Waals surface area contributed by atoms with E-state index in [1.54, 1.807) is 18.2 Å². The molecule has 3 amide bonds. The fourth-order valence-corrected chi connectivity index (χ4v) is 2.80. The number of urea groups is 1. The minimum absolute atomic E-state index is 0.122. The number of carbonyl (C=O) groups is 3. The first-order valence-corrected chi connectivity index (χ1v) is 8.76. The Kier molecular flexibility index (Phi) is 5.99. The minimum atomic E-state index is -0.715. The van der Waals surface area contributed by atoms with Crippen LogP contribution in [0.1, 0.15) is 10.4 Å². The van der Waals surface area contributed by atoms with Gasteiger partial charge in [-0.15, -0.1) is 0 Å². The van der Waals surface area contributed by atoms with E-state index in [0.29, 0.717) is 33.0 Å². The zero-order valence-electron chi connectivity index (χ0n) is 14.6. The van der Waals surface area contributed by atoms with E-state index in [1.165, 1.54) is 25.3 Å². The van der Waals surface area contributed by atoms with Gasteiger partial charge in [-0.3, -0.25) is 10.1 Å². The fraction of sp³-hybridized carbons (Fsp3) is 0.167. The van der Waals surface area contributed by atoms with Crippen LogP contribution in [-0.4, -0.2) is 38.4 Å². The number of carbonyl (C=O) groups excluding carboxylic acids is 3. The Morgan fingerprint density at radius 1 is 1.11 bits per heavy atom. The number of hydrogen-bond donors (Lipinski definition) is 2. The lowest BCUT2D eigenvalue weighted by molar-refractivity contribution is -0.121. The molecule has 0 spiro atoms. The molecule has 2 N–H and O–H groups in total. The van der Waals surface area contributed by atoms with Crippen molar-refractivity contribution in [2.75, 3.05) is 25.8 Å². The summed E-state index contributed by atoms with van der Waals surface area (Å²) >= 11 is 3.25. The van der Waals surface area contributed by atoms with Gasteiger partial charge in [-0.05, 0) is 46.3 Å². The van der Waals surface area contributed by atoms with Gasteiger partial charge in [0.2, 0.25) is 6.79 Å². The number of amides is 3. The van der Waals surface area contributed by atoms with Crippen LogP contribution in [0.25, 0.3) is 0 Å². The van der Waals surface area contributed by atoms with Gasteiger partial charge in [-0.1, -0.05) is 0 Å².